The monoisotopic (exact) mass is 302 g/mol. The van der Waals surface area contributed by atoms with E-state index in [9.17, 15) is 18.0 Å². The van der Waals surface area contributed by atoms with Gasteiger partial charge in [0.25, 0.3) is 0 Å². The van der Waals surface area contributed by atoms with E-state index in [-0.39, 0.29) is 6.42 Å². The summed E-state index contributed by atoms with van der Waals surface area (Å²) in [6, 6.07) is 7.09. The van der Waals surface area contributed by atoms with Crippen LogP contribution in [0.3, 0.4) is 0 Å². The molecule has 0 bridgehead atoms. The van der Waals surface area contributed by atoms with E-state index in [0.29, 0.717) is 5.56 Å². The molecule has 0 spiro atoms. The lowest BCUT2D eigenvalue weighted by atomic mass is 10.1. The fraction of sp³-hybridized carbons (Fsp3) is 0.273. The third-order valence-electron chi connectivity index (χ3n) is 2.28. The molecule has 0 radical (unpaired) electrons. The van der Waals surface area contributed by atoms with Crippen molar-refractivity contribution in [3.05, 3.63) is 35.9 Å². The molecule has 9 heteroatoms. The number of benzene rings is 1. The maximum Gasteiger partial charge on any atom is 0.421 e. The van der Waals surface area contributed by atoms with E-state index in [4.69, 9.17) is 5.11 Å². The van der Waals surface area contributed by atoms with Crippen LogP contribution in [0.5, 0.6) is 0 Å². The summed E-state index contributed by atoms with van der Waals surface area (Å²) < 4.78 is 30.5. The van der Waals surface area contributed by atoms with Gasteiger partial charge in [0.15, 0.2) is 0 Å². The number of amides is 1. The summed E-state index contributed by atoms with van der Waals surface area (Å²) in [5.74, 6) is -1.36. The summed E-state index contributed by atoms with van der Waals surface area (Å²) in [6.45, 7) is 0. The van der Waals surface area contributed by atoms with Crippen molar-refractivity contribution in [2.75, 3.05) is 7.11 Å². The van der Waals surface area contributed by atoms with Crippen molar-refractivity contribution in [2.24, 2.45) is 0 Å². The fourth-order valence-corrected chi connectivity index (χ4v) is 2.32. The second-order valence-electron chi connectivity index (χ2n) is 3.80. The van der Waals surface area contributed by atoms with Gasteiger partial charge >= 0.3 is 22.3 Å². The van der Waals surface area contributed by atoms with Gasteiger partial charge in [-0.2, -0.15) is 13.1 Å². The smallest absolute Gasteiger partial charge is 0.421 e. The minimum Gasteiger partial charge on any atom is -0.480 e. The molecule has 110 valence electrons. The van der Waals surface area contributed by atoms with Crippen molar-refractivity contribution >= 4 is 22.3 Å². The van der Waals surface area contributed by atoms with E-state index in [1.807, 2.05) is 4.72 Å². The maximum absolute atomic E-state index is 11.5. The summed E-state index contributed by atoms with van der Waals surface area (Å²) in [5.41, 5.74) is 0.640. The van der Waals surface area contributed by atoms with Gasteiger partial charge < -0.3 is 9.84 Å². The first-order chi connectivity index (χ1) is 9.34. The van der Waals surface area contributed by atoms with Crippen LogP contribution in [0, 0.1) is 0 Å². The Labute approximate surface area is 115 Å². The minimum atomic E-state index is -4.31. The Bertz CT molecular complexity index is 572. The lowest BCUT2D eigenvalue weighted by Gasteiger charge is -2.14. The highest BCUT2D eigenvalue weighted by atomic mass is 32.2. The zero-order chi connectivity index (χ0) is 15.2. The Kier molecular flexibility index (Phi) is 5.47. The van der Waals surface area contributed by atoms with Crippen LogP contribution in [0.1, 0.15) is 5.56 Å². The molecule has 0 saturated heterocycles. The van der Waals surface area contributed by atoms with Crippen molar-refractivity contribution in [1.29, 1.82) is 0 Å². The van der Waals surface area contributed by atoms with Gasteiger partial charge in [-0.25, -0.2) is 9.52 Å². The van der Waals surface area contributed by atoms with E-state index in [0.717, 1.165) is 7.11 Å². The summed E-state index contributed by atoms with van der Waals surface area (Å²) in [5, 5.41) is 9.02. The topological polar surface area (TPSA) is 122 Å². The molecular weight excluding hydrogens is 288 g/mol. The van der Waals surface area contributed by atoms with Gasteiger partial charge in [-0.1, -0.05) is 30.3 Å². The first-order valence-electron chi connectivity index (χ1n) is 5.49. The highest BCUT2D eigenvalue weighted by Gasteiger charge is 2.25. The molecule has 1 amide bonds. The second-order valence-corrected chi connectivity index (χ2v) is 5.24. The van der Waals surface area contributed by atoms with Crippen molar-refractivity contribution in [2.45, 2.75) is 12.5 Å². The first-order valence-corrected chi connectivity index (χ1v) is 6.97. The van der Waals surface area contributed by atoms with Gasteiger partial charge in [0, 0.05) is 0 Å². The molecule has 20 heavy (non-hydrogen) atoms. The predicted octanol–water partition coefficient (Wildman–Crippen LogP) is -0.127. The van der Waals surface area contributed by atoms with Crippen LogP contribution >= 0.6 is 0 Å². The number of hydrogen-bond donors (Lipinski definition) is 3. The highest BCUT2D eigenvalue weighted by Crippen LogP contribution is 2.04. The molecule has 1 atom stereocenters. The Morgan fingerprint density at radius 1 is 1.30 bits per heavy atom. The molecule has 0 unspecified atom stereocenters. The van der Waals surface area contributed by atoms with Gasteiger partial charge in [-0.15, -0.1) is 0 Å². The van der Waals surface area contributed by atoms with Gasteiger partial charge in [-0.05, 0) is 12.0 Å². The molecule has 8 nitrogen and oxygen atoms in total. The quantitative estimate of drug-likeness (QED) is 0.673. The average molecular weight is 302 g/mol. The Hall–Kier alpha value is -2.13. The van der Waals surface area contributed by atoms with E-state index in [1.165, 1.54) is 4.72 Å². The molecule has 0 aromatic heterocycles. The van der Waals surface area contributed by atoms with Crippen molar-refractivity contribution in [3.63, 3.8) is 0 Å². The van der Waals surface area contributed by atoms with E-state index in [2.05, 4.69) is 4.74 Å². The lowest BCUT2D eigenvalue weighted by molar-refractivity contribution is -0.138. The predicted molar refractivity (Wildman–Crippen MR) is 69.2 cm³/mol. The molecule has 0 aliphatic carbocycles. The number of ether oxygens (including phenoxy) is 1. The summed E-state index contributed by atoms with van der Waals surface area (Å²) in [4.78, 5) is 21.9. The molecule has 0 aliphatic rings. The first kappa shape index (κ1) is 15.9. The minimum absolute atomic E-state index is 0.0573. The van der Waals surface area contributed by atoms with E-state index >= 15 is 0 Å². The summed E-state index contributed by atoms with van der Waals surface area (Å²) in [7, 11) is -3.32. The SMILES string of the molecule is COC(=O)NS(=O)(=O)N[C@@H](Cc1ccccc1)C(=O)O. The van der Waals surface area contributed by atoms with Crippen LogP contribution in [-0.4, -0.2) is 38.7 Å². The van der Waals surface area contributed by atoms with Gasteiger partial charge in [0.05, 0.1) is 7.11 Å². The molecule has 1 aromatic rings. The van der Waals surface area contributed by atoms with E-state index in [1.54, 1.807) is 30.3 Å². The number of carbonyl (C=O) groups is 2. The number of methoxy groups -OCH3 is 1. The third kappa shape index (κ3) is 5.24. The van der Waals surface area contributed by atoms with E-state index < -0.39 is 28.3 Å². The van der Waals surface area contributed by atoms with Gasteiger partial charge in [0.2, 0.25) is 0 Å². The second kappa shape index (κ2) is 6.87. The normalized spacial score (nSPS) is 12.4. The number of carboxylic acids is 1. The average Bonchev–Trinajstić information content (AvgIpc) is 2.38. The van der Waals surface area contributed by atoms with Crippen LogP contribution < -0.4 is 9.44 Å². The summed E-state index contributed by atoms with van der Waals surface area (Å²) in [6.07, 6.45) is -1.26. The summed E-state index contributed by atoms with van der Waals surface area (Å²) >= 11 is 0. The van der Waals surface area contributed by atoms with Crippen molar-refractivity contribution in [3.8, 4) is 0 Å². The maximum atomic E-state index is 11.5. The molecule has 0 aliphatic heterocycles. The third-order valence-corrected chi connectivity index (χ3v) is 3.31. The van der Waals surface area contributed by atoms with Crippen LogP contribution in [-0.2, 0) is 26.2 Å². The number of carboxylic acid groups (broad SMARTS) is 1. The van der Waals surface area contributed by atoms with Crippen LogP contribution in [0.4, 0.5) is 4.79 Å². The molecular formula is C11H14N2O6S. The molecule has 0 saturated carbocycles. The Morgan fingerprint density at radius 2 is 1.90 bits per heavy atom. The molecule has 1 rings (SSSR count). The number of nitrogens with one attached hydrogen (secondary N) is 2. The molecule has 3 N–H and O–H groups in total. The Balaban J connectivity index is 2.78. The standard InChI is InChI=1S/C11H14N2O6S/c1-19-11(16)13-20(17,18)12-9(10(14)15)7-8-5-3-2-4-6-8/h2-6,9,12H,7H2,1H3,(H,13,16)(H,14,15)/t9-/m0/s1. The van der Waals surface area contributed by atoms with Crippen LogP contribution in [0.2, 0.25) is 0 Å². The lowest BCUT2D eigenvalue weighted by Crippen LogP contribution is -2.49. The number of aliphatic carboxylic acids is 1. The zero-order valence-corrected chi connectivity index (χ0v) is 11.4. The largest absolute Gasteiger partial charge is 0.480 e. The van der Waals surface area contributed by atoms with Gasteiger partial charge in [-0.3, -0.25) is 4.79 Å². The van der Waals surface area contributed by atoms with Crippen LogP contribution in [0.25, 0.3) is 0 Å². The molecule has 0 heterocycles. The Morgan fingerprint density at radius 3 is 2.40 bits per heavy atom. The van der Waals surface area contributed by atoms with Crippen molar-refractivity contribution < 1.29 is 27.9 Å². The number of carbonyl (C=O) groups excluding carboxylic acids is 1. The fourth-order valence-electron chi connectivity index (χ4n) is 1.40. The van der Waals surface area contributed by atoms with Crippen molar-refractivity contribution in [1.82, 2.24) is 9.44 Å². The van der Waals surface area contributed by atoms with Crippen LogP contribution in [0.15, 0.2) is 30.3 Å². The highest BCUT2D eigenvalue weighted by molar-refractivity contribution is 7.88. The number of hydrogen-bond acceptors (Lipinski definition) is 5. The molecule has 0 fully saturated rings. The number of rotatable bonds is 6. The zero-order valence-electron chi connectivity index (χ0n) is 10.6. The molecule has 1 aromatic carbocycles. The van der Waals surface area contributed by atoms with Gasteiger partial charge in [0.1, 0.15) is 6.04 Å².